The maximum atomic E-state index is 10.5. The molecule has 1 rings (SSSR count). The van der Waals surface area contributed by atoms with Crippen LogP contribution in [-0.4, -0.2) is 35.5 Å². The first-order chi connectivity index (χ1) is 9.51. The molecule has 0 aliphatic carbocycles. The van der Waals surface area contributed by atoms with Crippen molar-refractivity contribution >= 4 is 17.8 Å². The predicted octanol–water partition coefficient (Wildman–Crippen LogP) is -0.418. The van der Waals surface area contributed by atoms with Crippen molar-refractivity contribution in [2.75, 3.05) is 6.54 Å². The van der Waals surface area contributed by atoms with Crippen LogP contribution in [0.1, 0.15) is 19.3 Å². The molecule has 1 heterocycles. The zero-order valence-electron chi connectivity index (χ0n) is 10.7. The highest BCUT2D eigenvalue weighted by atomic mass is 16.4. The van der Waals surface area contributed by atoms with Gasteiger partial charge in [0.15, 0.2) is 6.04 Å². The fraction of sp³-hybridized carbons (Fsp3) is 0.500. The number of aliphatic carboxylic acids is 1. The van der Waals surface area contributed by atoms with Crippen LogP contribution in [0.25, 0.3) is 10.4 Å². The lowest BCUT2D eigenvalue weighted by Crippen LogP contribution is -2.32. The molecule has 20 heavy (non-hydrogen) atoms. The van der Waals surface area contributed by atoms with Crippen molar-refractivity contribution in [3.05, 3.63) is 22.6 Å². The molecule has 1 atom stereocenters. The third-order valence-corrected chi connectivity index (χ3v) is 2.14. The molecule has 0 radical (unpaired) electrons. The fourth-order valence-corrected chi connectivity index (χ4v) is 1.19. The Hall–Kier alpha value is -2.58. The lowest BCUT2D eigenvalue weighted by Gasteiger charge is -2.06. The Morgan fingerprint density at radius 3 is 2.40 bits per heavy atom. The number of unbranched alkanes of at least 4 members (excludes halogenated alkanes) is 1. The maximum absolute atomic E-state index is 10.5. The molecule has 5 N–H and O–H groups in total. The minimum absolute atomic E-state index is 0.329. The first kappa shape index (κ1) is 17.4. The van der Waals surface area contributed by atoms with Gasteiger partial charge in [0.25, 0.3) is 11.8 Å². The molecule has 2 amide bonds. The number of rotatable bonds is 7. The van der Waals surface area contributed by atoms with Gasteiger partial charge in [-0.2, -0.15) is 4.91 Å². The van der Waals surface area contributed by atoms with Gasteiger partial charge in [-0.1, -0.05) is 0 Å². The number of carbonyl (C=O) groups excluding carboxylic acids is 2. The summed E-state index contributed by atoms with van der Waals surface area (Å²) in [5.74, 6) is -1.68. The van der Waals surface area contributed by atoms with E-state index in [0.717, 1.165) is 6.42 Å². The first-order valence-electron chi connectivity index (χ1n) is 5.76. The van der Waals surface area contributed by atoms with Crippen LogP contribution < -0.4 is 16.5 Å². The summed E-state index contributed by atoms with van der Waals surface area (Å²) in [5, 5.41) is 13.6. The molecule has 0 saturated heterocycles. The van der Waals surface area contributed by atoms with Gasteiger partial charge >= 0.3 is 5.97 Å². The van der Waals surface area contributed by atoms with E-state index in [2.05, 4.69) is 15.6 Å². The molecule has 1 aliphatic rings. The summed E-state index contributed by atoms with van der Waals surface area (Å²) >= 11 is 0. The average Bonchev–Trinajstić information content (AvgIpc) is 2.78. The van der Waals surface area contributed by atoms with Crippen LogP contribution >= 0.6 is 0 Å². The molecule has 0 spiro atoms. The van der Waals surface area contributed by atoms with Gasteiger partial charge in [0.1, 0.15) is 0 Å². The fourth-order valence-electron chi connectivity index (χ4n) is 1.19. The molecule has 0 aromatic rings. The van der Waals surface area contributed by atoms with Crippen molar-refractivity contribution in [1.29, 1.82) is 0 Å². The molecule has 10 nitrogen and oxygen atoms in total. The number of amides is 2. The van der Waals surface area contributed by atoms with Crippen molar-refractivity contribution < 1.29 is 19.5 Å². The van der Waals surface area contributed by atoms with E-state index < -0.39 is 12.0 Å². The Kier molecular flexibility index (Phi) is 9.02. The second-order valence-corrected chi connectivity index (χ2v) is 3.68. The minimum Gasteiger partial charge on any atom is -0.478 e. The Bertz CT molecular complexity index is 413. The van der Waals surface area contributed by atoms with E-state index >= 15 is 0 Å². The topological polar surface area (TPSA) is 170 Å². The third kappa shape index (κ3) is 8.50. The van der Waals surface area contributed by atoms with Crippen molar-refractivity contribution in [1.82, 2.24) is 10.7 Å². The summed E-state index contributed by atoms with van der Waals surface area (Å²) in [6, 6.07) is -0.817. The van der Waals surface area contributed by atoms with Gasteiger partial charge in [-0.25, -0.2) is 10.2 Å². The SMILES string of the molecule is O=C1C=CC(=O)N1.[N-]=[N+]=NNC(CCCCN)C(=O)O. The predicted molar refractivity (Wildman–Crippen MR) is 68.9 cm³/mol. The van der Waals surface area contributed by atoms with Crippen LogP contribution in [0.4, 0.5) is 0 Å². The number of azide groups is 1. The van der Waals surface area contributed by atoms with Crippen LogP contribution in [0, 0.1) is 0 Å². The van der Waals surface area contributed by atoms with Gasteiger partial charge in [-0.3, -0.25) is 14.9 Å². The Morgan fingerprint density at radius 1 is 1.45 bits per heavy atom. The summed E-state index contributed by atoms with van der Waals surface area (Å²) < 4.78 is 0. The summed E-state index contributed by atoms with van der Waals surface area (Å²) in [6.07, 6.45) is 4.26. The highest BCUT2D eigenvalue weighted by Crippen LogP contribution is 2.00. The maximum Gasteiger partial charge on any atom is 0.349 e. The summed E-state index contributed by atoms with van der Waals surface area (Å²) in [5.41, 5.74) is 15.4. The first-order valence-corrected chi connectivity index (χ1v) is 5.76. The Labute approximate surface area is 114 Å². The van der Waals surface area contributed by atoms with Crippen LogP contribution in [0.15, 0.2) is 17.4 Å². The lowest BCUT2D eigenvalue weighted by molar-refractivity contribution is -0.139. The number of carboxylic acids is 1. The van der Waals surface area contributed by atoms with Gasteiger partial charge in [-0.15, -0.1) is 5.53 Å². The van der Waals surface area contributed by atoms with E-state index in [9.17, 15) is 14.4 Å². The molecule has 0 fully saturated rings. The molecule has 10 heteroatoms. The Balaban J connectivity index is 0.000000428. The molecule has 0 saturated carbocycles. The molecule has 0 aromatic carbocycles. The second-order valence-electron chi connectivity index (χ2n) is 3.68. The van der Waals surface area contributed by atoms with Gasteiger partial charge < -0.3 is 10.8 Å². The molecule has 1 unspecified atom stereocenters. The minimum atomic E-state index is -1.02. The van der Waals surface area contributed by atoms with Crippen LogP contribution in [0.2, 0.25) is 0 Å². The van der Waals surface area contributed by atoms with Crippen molar-refractivity contribution in [3.63, 3.8) is 0 Å². The standard InChI is InChI=1S/C6H13N5O2.C4H3NO2/c7-4-2-1-3-5(6(12)13)9-11-10-8;6-3-1-2-4(7)5-3/h5,9H,1-4,7H2,(H,12,13);1-2H,(H,5,6,7). The molecular weight excluding hydrogens is 268 g/mol. The van der Waals surface area contributed by atoms with Crippen molar-refractivity contribution in [2.24, 2.45) is 11.0 Å². The summed E-state index contributed by atoms with van der Waals surface area (Å²) in [6.45, 7) is 0.536. The van der Waals surface area contributed by atoms with Gasteiger partial charge in [-0.05, 0) is 31.0 Å². The molecular formula is C10H16N6O4. The third-order valence-electron chi connectivity index (χ3n) is 2.14. The van der Waals surface area contributed by atoms with Crippen LogP contribution in [0.5, 0.6) is 0 Å². The largest absolute Gasteiger partial charge is 0.478 e. The molecule has 1 aliphatic heterocycles. The normalized spacial score (nSPS) is 13.7. The zero-order chi connectivity index (χ0) is 15.4. The molecule has 0 aromatic heterocycles. The number of hydrogen-bond acceptors (Lipinski definition) is 5. The van der Waals surface area contributed by atoms with Crippen molar-refractivity contribution in [2.45, 2.75) is 25.3 Å². The number of imide groups is 1. The highest BCUT2D eigenvalue weighted by Gasteiger charge is 2.18. The van der Waals surface area contributed by atoms with Gasteiger partial charge in [0.05, 0.1) is 0 Å². The van der Waals surface area contributed by atoms with E-state index in [1.165, 1.54) is 12.2 Å². The molecule has 0 bridgehead atoms. The highest BCUT2D eigenvalue weighted by molar-refractivity contribution is 6.12. The number of hydrogen-bond donors (Lipinski definition) is 4. The number of nitrogens with two attached hydrogens (primary N) is 1. The van der Waals surface area contributed by atoms with Gasteiger partial charge in [0, 0.05) is 12.2 Å². The van der Waals surface area contributed by atoms with E-state index in [4.69, 9.17) is 16.4 Å². The lowest BCUT2D eigenvalue weighted by atomic mass is 10.1. The van der Waals surface area contributed by atoms with E-state index in [1.54, 1.807) is 0 Å². The van der Waals surface area contributed by atoms with Crippen LogP contribution in [0.3, 0.4) is 0 Å². The smallest absolute Gasteiger partial charge is 0.349 e. The molecule has 110 valence electrons. The number of nitrogens with one attached hydrogen (secondary N) is 2. The summed E-state index contributed by atoms with van der Waals surface area (Å²) in [4.78, 5) is 33.0. The van der Waals surface area contributed by atoms with E-state index in [0.29, 0.717) is 19.4 Å². The summed E-state index contributed by atoms with van der Waals surface area (Å²) in [7, 11) is 0. The quantitative estimate of drug-likeness (QED) is 0.123. The second kappa shape index (κ2) is 10.4. The number of carbonyl (C=O) groups is 3. The number of nitrogens with zero attached hydrogens (tertiary/aromatic N) is 3. The zero-order valence-corrected chi connectivity index (χ0v) is 10.7. The van der Waals surface area contributed by atoms with E-state index in [1.807, 2.05) is 5.32 Å². The van der Waals surface area contributed by atoms with Crippen LogP contribution in [-0.2, 0) is 14.4 Å². The Morgan fingerprint density at radius 2 is 2.05 bits per heavy atom. The van der Waals surface area contributed by atoms with Crippen molar-refractivity contribution in [3.8, 4) is 0 Å². The average molecular weight is 284 g/mol. The number of carboxylic acid groups (broad SMARTS) is 1. The monoisotopic (exact) mass is 284 g/mol. The van der Waals surface area contributed by atoms with E-state index in [-0.39, 0.29) is 11.8 Å². The van der Waals surface area contributed by atoms with Gasteiger partial charge in [0.2, 0.25) is 0 Å².